The number of hydrogen-bond donors (Lipinski definition) is 1. The summed E-state index contributed by atoms with van der Waals surface area (Å²) < 4.78 is 27.1. The van der Waals surface area contributed by atoms with E-state index in [1.54, 1.807) is 35.5 Å². The average Bonchev–Trinajstić information content (AvgIpc) is 2.78. The fraction of sp³-hybridized carbons (Fsp3) is 0.400. The van der Waals surface area contributed by atoms with Crippen molar-refractivity contribution in [1.29, 1.82) is 0 Å². The zero-order valence-corrected chi connectivity index (χ0v) is 20.3. The van der Waals surface area contributed by atoms with Gasteiger partial charge in [-0.1, -0.05) is 60.7 Å². The Morgan fingerprint density at radius 2 is 1.04 bits per heavy atom. The summed E-state index contributed by atoms with van der Waals surface area (Å²) in [6.07, 6.45) is 0.963. The highest BCUT2D eigenvalue weighted by molar-refractivity contribution is 7.80. The van der Waals surface area contributed by atoms with Gasteiger partial charge in [0.05, 0.1) is 0 Å². The Morgan fingerprint density at radius 1 is 0.643 bits per heavy atom. The molecular formula is C20H32O5SSi2. The van der Waals surface area contributed by atoms with Crippen molar-refractivity contribution in [1.82, 2.24) is 0 Å². The SMILES string of the molecule is CO[Si](CCCS)(OC)OC.CO[Si](OC)(c1ccccc1)c1ccccc1. The van der Waals surface area contributed by atoms with Gasteiger partial charge in [-0.05, 0) is 22.5 Å². The van der Waals surface area contributed by atoms with Gasteiger partial charge in [0.2, 0.25) is 0 Å². The van der Waals surface area contributed by atoms with Gasteiger partial charge in [-0.15, -0.1) is 0 Å². The highest BCUT2D eigenvalue weighted by Gasteiger charge is 2.40. The van der Waals surface area contributed by atoms with Crippen molar-refractivity contribution in [2.75, 3.05) is 41.3 Å². The quantitative estimate of drug-likeness (QED) is 0.455. The molecule has 0 spiro atoms. The van der Waals surface area contributed by atoms with Gasteiger partial charge in [0, 0.05) is 41.6 Å². The van der Waals surface area contributed by atoms with Crippen LogP contribution in [0.15, 0.2) is 60.7 Å². The zero-order valence-electron chi connectivity index (χ0n) is 17.4. The lowest BCUT2D eigenvalue weighted by atomic mass is 10.4. The van der Waals surface area contributed by atoms with E-state index in [4.69, 9.17) is 22.1 Å². The third kappa shape index (κ3) is 6.53. The second-order valence-electron chi connectivity index (χ2n) is 5.88. The smallest absolute Gasteiger partial charge is 0.391 e. The normalized spacial score (nSPS) is 11.6. The summed E-state index contributed by atoms with van der Waals surface area (Å²) in [7, 11) is 3.52. The molecule has 0 radical (unpaired) electrons. The van der Waals surface area contributed by atoms with Crippen LogP contribution in [0.25, 0.3) is 0 Å². The van der Waals surface area contributed by atoms with Gasteiger partial charge in [0.25, 0.3) is 0 Å². The molecule has 8 heteroatoms. The van der Waals surface area contributed by atoms with E-state index >= 15 is 0 Å². The van der Waals surface area contributed by atoms with E-state index in [2.05, 4.69) is 36.9 Å². The monoisotopic (exact) mass is 440 g/mol. The Labute approximate surface area is 177 Å². The Hall–Kier alpha value is -0.976. The van der Waals surface area contributed by atoms with Crippen LogP contribution in [0.3, 0.4) is 0 Å². The first kappa shape index (κ1) is 25.1. The second-order valence-corrected chi connectivity index (χ2v) is 12.6. The molecule has 0 aromatic heterocycles. The molecule has 0 amide bonds. The molecule has 0 bridgehead atoms. The van der Waals surface area contributed by atoms with E-state index in [0.717, 1.165) is 28.6 Å². The van der Waals surface area contributed by atoms with Crippen LogP contribution in [0.5, 0.6) is 0 Å². The molecule has 0 heterocycles. The van der Waals surface area contributed by atoms with E-state index in [1.165, 1.54) is 0 Å². The summed E-state index contributed by atoms with van der Waals surface area (Å²) in [4.78, 5) is 0. The summed E-state index contributed by atoms with van der Waals surface area (Å²) in [5, 5.41) is 2.24. The third-order valence-corrected chi connectivity index (χ3v) is 10.9. The van der Waals surface area contributed by atoms with E-state index in [1.807, 2.05) is 36.4 Å². The first-order chi connectivity index (χ1) is 13.6. The van der Waals surface area contributed by atoms with Crippen molar-refractivity contribution in [2.45, 2.75) is 12.5 Å². The molecule has 0 aliphatic heterocycles. The minimum Gasteiger partial charge on any atom is -0.391 e. The summed E-state index contributed by atoms with van der Waals surface area (Å²) in [5.74, 6) is 0.838. The maximum Gasteiger partial charge on any atom is 0.500 e. The minimum atomic E-state index is -2.50. The maximum atomic E-state index is 5.78. The highest BCUT2D eigenvalue weighted by atomic mass is 32.1. The Balaban J connectivity index is 0.000000311. The first-order valence-corrected chi connectivity index (χ1v) is 13.4. The lowest BCUT2D eigenvalue weighted by Gasteiger charge is -2.27. The van der Waals surface area contributed by atoms with E-state index in [9.17, 15) is 0 Å². The zero-order chi connectivity index (χ0) is 20.9. The van der Waals surface area contributed by atoms with Crippen LogP contribution in [-0.4, -0.2) is 58.7 Å². The molecule has 0 aliphatic carbocycles. The maximum absolute atomic E-state index is 5.78. The number of rotatable bonds is 10. The fourth-order valence-electron chi connectivity index (χ4n) is 2.89. The molecule has 0 saturated carbocycles. The predicted octanol–water partition coefficient (Wildman–Crippen LogP) is 2.72. The van der Waals surface area contributed by atoms with Gasteiger partial charge >= 0.3 is 17.4 Å². The van der Waals surface area contributed by atoms with Crippen LogP contribution >= 0.6 is 12.6 Å². The first-order valence-electron chi connectivity index (χ1n) is 9.05. The molecule has 0 atom stereocenters. The van der Waals surface area contributed by atoms with Crippen LogP contribution in [0.2, 0.25) is 6.04 Å². The molecule has 0 fully saturated rings. The molecule has 2 aromatic rings. The fourth-order valence-corrected chi connectivity index (χ4v) is 7.77. The Morgan fingerprint density at radius 3 is 1.32 bits per heavy atom. The van der Waals surface area contributed by atoms with E-state index < -0.39 is 17.4 Å². The van der Waals surface area contributed by atoms with Crippen molar-refractivity contribution in [3.63, 3.8) is 0 Å². The van der Waals surface area contributed by atoms with Crippen LogP contribution in [0.1, 0.15) is 6.42 Å². The summed E-state index contributed by atoms with van der Waals surface area (Å²) >= 11 is 4.10. The third-order valence-electron chi connectivity index (χ3n) is 4.46. The number of hydrogen-bond acceptors (Lipinski definition) is 6. The van der Waals surface area contributed by atoms with Gasteiger partial charge in [0.15, 0.2) is 0 Å². The van der Waals surface area contributed by atoms with Crippen LogP contribution in [0, 0.1) is 0 Å². The standard InChI is InChI=1S/C14H16O2Si.C6H16O3SSi/c1-15-17(16-2,13-9-5-3-6-10-13)14-11-7-4-8-12-14;1-7-11(8-2,9-3)6-4-5-10/h3-12H,1-2H3;10H,4-6H2,1-3H3. The van der Waals surface area contributed by atoms with Crippen molar-refractivity contribution < 1.29 is 22.1 Å². The topological polar surface area (TPSA) is 46.2 Å². The lowest BCUT2D eigenvalue weighted by Crippen LogP contribution is -2.62. The van der Waals surface area contributed by atoms with Crippen LogP contribution in [0.4, 0.5) is 0 Å². The molecule has 0 aliphatic rings. The number of benzene rings is 2. The molecule has 0 unspecified atom stereocenters. The van der Waals surface area contributed by atoms with Crippen LogP contribution in [-0.2, 0) is 22.1 Å². The molecule has 28 heavy (non-hydrogen) atoms. The van der Waals surface area contributed by atoms with Crippen molar-refractivity contribution in [3.8, 4) is 0 Å². The van der Waals surface area contributed by atoms with Crippen molar-refractivity contribution in [2.24, 2.45) is 0 Å². The minimum absolute atomic E-state index is 0.833. The largest absolute Gasteiger partial charge is 0.500 e. The summed E-state index contributed by atoms with van der Waals surface area (Å²) in [6.45, 7) is 0. The highest BCUT2D eigenvalue weighted by Crippen LogP contribution is 2.14. The van der Waals surface area contributed by atoms with Gasteiger partial charge in [-0.2, -0.15) is 12.6 Å². The molecular weight excluding hydrogens is 408 g/mol. The molecule has 0 saturated heterocycles. The summed E-state index contributed by atoms with van der Waals surface area (Å²) in [5.41, 5.74) is 0. The van der Waals surface area contributed by atoms with Crippen LogP contribution < -0.4 is 10.4 Å². The van der Waals surface area contributed by atoms with Gasteiger partial charge in [-0.25, -0.2) is 0 Å². The van der Waals surface area contributed by atoms with Gasteiger partial charge in [0.1, 0.15) is 0 Å². The van der Waals surface area contributed by atoms with Crippen molar-refractivity contribution in [3.05, 3.63) is 60.7 Å². The van der Waals surface area contributed by atoms with Crippen molar-refractivity contribution >= 4 is 40.4 Å². The second kappa shape index (κ2) is 13.3. The molecule has 2 aromatic carbocycles. The molecule has 5 nitrogen and oxygen atoms in total. The molecule has 2 rings (SSSR count). The van der Waals surface area contributed by atoms with Gasteiger partial charge < -0.3 is 22.1 Å². The Bertz CT molecular complexity index is 588. The average molecular weight is 441 g/mol. The van der Waals surface area contributed by atoms with E-state index in [0.29, 0.717) is 0 Å². The predicted molar refractivity (Wildman–Crippen MR) is 122 cm³/mol. The lowest BCUT2D eigenvalue weighted by molar-refractivity contribution is 0.123. The molecule has 156 valence electrons. The molecule has 0 N–H and O–H groups in total. The van der Waals surface area contributed by atoms with Gasteiger partial charge in [-0.3, -0.25) is 0 Å². The Kier molecular flexibility index (Phi) is 11.9. The van der Waals surface area contributed by atoms with E-state index in [-0.39, 0.29) is 0 Å². The number of thiol groups is 1. The summed E-state index contributed by atoms with van der Waals surface area (Å²) in [6, 6.07) is 21.1.